The Morgan fingerprint density at radius 2 is 1.26 bits per heavy atom. The maximum atomic E-state index is 12.4. The van der Waals surface area contributed by atoms with Crippen LogP contribution >= 0.6 is 0 Å². The van der Waals surface area contributed by atoms with E-state index in [0.29, 0.717) is 16.7 Å². The SMILES string of the molecule is CCCC.CCCCN(CCCC)CCCC.[C-]#[N+]C(=Cc1cc(C(C)C)c([O-])c(C(C)C)c1)C(=O)OCC. The van der Waals surface area contributed by atoms with Gasteiger partial charge in [-0.3, -0.25) is 4.79 Å². The number of ether oxygens (including phenoxy) is 1. The van der Waals surface area contributed by atoms with Crippen molar-refractivity contribution in [2.24, 2.45) is 0 Å². The van der Waals surface area contributed by atoms with Crippen LogP contribution in [0.15, 0.2) is 17.8 Å². The Labute approximate surface area is 241 Å². The lowest BCUT2D eigenvalue weighted by Gasteiger charge is -2.24. The van der Waals surface area contributed by atoms with Crippen molar-refractivity contribution >= 4 is 12.0 Å². The summed E-state index contributed by atoms with van der Waals surface area (Å²) >= 11 is 0. The highest BCUT2D eigenvalue weighted by Gasteiger charge is 2.13. The summed E-state index contributed by atoms with van der Waals surface area (Å²) in [4.78, 5) is 17.6. The summed E-state index contributed by atoms with van der Waals surface area (Å²) in [6.45, 7) is 32.0. The first-order chi connectivity index (χ1) is 18.6. The van der Waals surface area contributed by atoms with Crippen molar-refractivity contribution in [2.75, 3.05) is 26.2 Å². The standard InChI is InChI=1S/C18H23NO3.C12H27N.C4H10/c1-7-22-18(21)16(19-6)10-13-8-14(11(2)3)17(20)15(9-13)12(4)5;1-4-7-10-13(11-8-5-2)12-9-6-3;1-3-4-2/h8-12,20H,7H2,1-5H3;4-12H2,1-3H3;3-4H2,1-2H3/p-1. The van der Waals surface area contributed by atoms with Crippen LogP contribution in [0.4, 0.5) is 0 Å². The quantitative estimate of drug-likeness (QED) is 0.126. The minimum Gasteiger partial charge on any atom is -0.872 e. The van der Waals surface area contributed by atoms with E-state index in [0.717, 1.165) is 0 Å². The van der Waals surface area contributed by atoms with Gasteiger partial charge < -0.3 is 14.7 Å². The van der Waals surface area contributed by atoms with Crippen molar-refractivity contribution in [3.05, 3.63) is 45.9 Å². The molecule has 0 spiro atoms. The Balaban J connectivity index is 0. The normalized spacial score (nSPS) is 11.0. The lowest BCUT2D eigenvalue weighted by Crippen LogP contribution is -2.27. The van der Waals surface area contributed by atoms with E-state index in [-0.39, 0.29) is 29.9 Å². The molecule has 0 fully saturated rings. The van der Waals surface area contributed by atoms with Gasteiger partial charge in [-0.2, -0.15) is 0 Å². The van der Waals surface area contributed by atoms with Crippen molar-refractivity contribution in [3.63, 3.8) is 0 Å². The third kappa shape index (κ3) is 17.8. The maximum absolute atomic E-state index is 12.4. The third-order valence-electron chi connectivity index (χ3n) is 6.30. The Bertz CT molecular complexity index is 787. The van der Waals surface area contributed by atoms with Crippen LogP contribution in [0.3, 0.4) is 0 Å². The van der Waals surface area contributed by atoms with Crippen LogP contribution in [-0.4, -0.2) is 37.1 Å². The van der Waals surface area contributed by atoms with Gasteiger partial charge in [-0.25, -0.2) is 4.85 Å². The van der Waals surface area contributed by atoms with Crippen molar-refractivity contribution in [2.45, 2.75) is 132 Å². The molecule has 5 nitrogen and oxygen atoms in total. The second kappa shape index (κ2) is 24.7. The molecule has 0 N–H and O–H groups in total. The molecule has 0 aromatic heterocycles. The van der Waals surface area contributed by atoms with Gasteiger partial charge in [0.1, 0.15) is 0 Å². The molecule has 1 aromatic carbocycles. The molecule has 0 saturated carbocycles. The van der Waals surface area contributed by atoms with E-state index < -0.39 is 5.97 Å². The minimum absolute atomic E-state index is 0.0441. The van der Waals surface area contributed by atoms with Crippen LogP contribution in [0.2, 0.25) is 0 Å². The number of unbranched alkanes of at least 4 members (excludes halogenated alkanes) is 4. The van der Waals surface area contributed by atoms with Crippen LogP contribution in [-0.2, 0) is 9.53 Å². The number of nitrogens with zero attached hydrogens (tertiary/aromatic N) is 2. The monoisotopic (exact) mass is 543 g/mol. The molecule has 0 heterocycles. The molecular weight excluding hydrogens is 484 g/mol. The molecule has 0 aliphatic rings. The first-order valence-electron chi connectivity index (χ1n) is 15.4. The van der Waals surface area contributed by atoms with Crippen molar-refractivity contribution in [1.82, 2.24) is 4.90 Å². The molecule has 1 rings (SSSR count). The Morgan fingerprint density at radius 3 is 1.54 bits per heavy atom. The van der Waals surface area contributed by atoms with Crippen molar-refractivity contribution in [3.8, 4) is 5.75 Å². The van der Waals surface area contributed by atoms with E-state index in [2.05, 4.69) is 44.4 Å². The second-order valence-electron chi connectivity index (χ2n) is 10.6. The molecule has 0 saturated heterocycles. The molecule has 224 valence electrons. The highest BCUT2D eigenvalue weighted by Crippen LogP contribution is 2.33. The molecule has 0 amide bonds. The maximum Gasteiger partial charge on any atom is 0.336 e. The zero-order valence-corrected chi connectivity index (χ0v) is 27.0. The average molecular weight is 544 g/mol. The van der Waals surface area contributed by atoms with Gasteiger partial charge >= 0.3 is 5.97 Å². The van der Waals surface area contributed by atoms with Gasteiger partial charge in [-0.15, -0.1) is 5.75 Å². The molecule has 1 aromatic rings. The van der Waals surface area contributed by atoms with Crippen LogP contribution in [0, 0.1) is 6.57 Å². The summed E-state index contributed by atoms with van der Waals surface area (Å²) in [6.07, 6.45) is 12.2. The molecule has 39 heavy (non-hydrogen) atoms. The van der Waals surface area contributed by atoms with Gasteiger partial charge in [0.05, 0.1) is 13.2 Å². The molecule has 0 aliphatic heterocycles. The topological polar surface area (TPSA) is 57.0 Å². The van der Waals surface area contributed by atoms with E-state index >= 15 is 0 Å². The van der Waals surface area contributed by atoms with Crippen molar-refractivity contribution in [1.29, 1.82) is 0 Å². The number of esters is 1. The van der Waals surface area contributed by atoms with E-state index in [4.69, 9.17) is 11.3 Å². The summed E-state index contributed by atoms with van der Waals surface area (Å²) in [5, 5.41) is 12.4. The van der Waals surface area contributed by atoms with E-state index in [1.54, 1.807) is 19.1 Å². The summed E-state index contributed by atoms with van der Waals surface area (Å²) in [7, 11) is 0. The fraction of sp³-hybridized carbons (Fsp3) is 0.706. The first kappa shape index (κ1) is 38.8. The average Bonchev–Trinajstić information content (AvgIpc) is 2.92. The summed E-state index contributed by atoms with van der Waals surface area (Å²) < 4.78 is 4.86. The van der Waals surface area contributed by atoms with Gasteiger partial charge in [0.2, 0.25) is 0 Å². The molecule has 0 radical (unpaired) electrons. The summed E-state index contributed by atoms with van der Waals surface area (Å²) in [5.41, 5.74) is 2.01. The van der Waals surface area contributed by atoms with Gasteiger partial charge in [0.25, 0.3) is 5.70 Å². The van der Waals surface area contributed by atoms with Gasteiger partial charge in [0, 0.05) is 0 Å². The Morgan fingerprint density at radius 1 is 0.846 bits per heavy atom. The minimum atomic E-state index is -0.638. The summed E-state index contributed by atoms with van der Waals surface area (Å²) in [6, 6.07) is 3.51. The Kier molecular flexibility index (Phi) is 24.6. The van der Waals surface area contributed by atoms with Gasteiger partial charge in [0.15, 0.2) is 0 Å². The largest absolute Gasteiger partial charge is 0.872 e. The van der Waals surface area contributed by atoms with E-state index in [9.17, 15) is 9.90 Å². The zero-order valence-electron chi connectivity index (χ0n) is 27.0. The lowest BCUT2D eigenvalue weighted by atomic mass is 9.91. The molecular formula is C34H59N2O3-. The van der Waals surface area contributed by atoms with E-state index in [1.807, 2.05) is 27.7 Å². The number of hydrogen-bond donors (Lipinski definition) is 0. The van der Waals surface area contributed by atoms with Crippen LogP contribution < -0.4 is 5.11 Å². The third-order valence-corrected chi connectivity index (χ3v) is 6.30. The highest BCUT2D eigenvalue weighted by molar-refractivity contribution is 5.95. The Hall–Kier alpha value is -2.32. The first-order valence-corrected chi connectivity index (χ1v) is 15.4. The van der Waals surface area contributed by atoms with Gasteiger partial charge in [-0.1, -0.05) is 118 Å². The number of benzene rings is 1. The number of carbonyl (C=O) groups excluding carboxylic acids is 1. The van der Waals surface area contributed by atoms with Crippen LogP contribution in [0.5, 0.6) is 5.75 Å². The van der Waals surface area contributed by atoms with E-state index in [1.165, 1.54) is 77.1 Å². The summed E-state index contributed by atoms with van der Waals surface area (Å²) in [5.74, 6) is -0.432. The second-order valence-corrected chi connectivity index (χ2v) is 10.6. The highest BCUT2D eigenvalue weighted by atomic mass is 16.5. The predicted octanol–water partition coefficient (Wildman–Crippen LogP) is 9.33. The van der Waals surface area contributed by atoms with Crippen LogP contribution in [0.25, 0.3) is 10.9 Å². The van der Waals surface area contributed by atoms with Gasteiger partial charge in [-0.05, 0) is 69.3 Å². The molecule has 0 unspecified atom stereocenters. The fourth-order valence-corrected chi connectivity index (χ4v) is 3.62. The number of rotatable bonds is 15. The zero-order chi connectivity index (χ0) is 30.2. The number of carbonyl (C=O) groups is 1. The van der Waals surface area contributed by atoms with Crippen molar-refractivity contribution < 1.29 is 14.6 Å². The fourth-order valence-electron chi connectivity index (χ4n) is 3.62. The van der Waals surface area contributed by atoms with Crippen LogP contribution in [0.1, 0.15) is 149 Å². The predicted molar refractivity (Wildman–Crippen MR) is 167 cm³/mol. The molecule has 0 atom stereocenters. The lowest BCUT2D eigenvalue weighted by molar-refractivity contribution is -0.270. The molecule has 0 aliphatic carbocycles. The number of hydrogen-bond acceptors (Lipinski definition) is 4. The smallest absolute Gasteiger partial charge is 0.336 e. The molecule has 0 bridgehead atoms. The molecule has 5 heteroatoms.